The molecule has 5 rings (SSSR count). The molecule has 4 heterocycles. The molecule has 1 aromatic carbocycles. The van der Waals surface area contributed by atoms with Gasteiger partial charge >= 0.3 is 0 Å². The second-order valence-corrected chi connectivity index (χ2v) is 10.3. The van der Waals surface area contributed by atoms with E-state index in [2.05, 4.69) is 39.4 Å². The highest BCUT2D eigenvalue weighted by atomic mass is 19.1. The first kappa shape index (κ1) is 25.3. The van der Waals surface area contributed by atoms with Crippen LogP contribution in [0.1, 0.15) is 72.2 Å². The molecule has 0 spiro atoms. The van der Waals surface area contributed by atoms with E-state index in [4.69, 9.17) is 0 Å². The number of anilines is 1. The summed E-state index contributed by atoms with van der Waals surface area (Å²) in [6.07, 6.45) is 1.98. The average Bonchev–Trinajstić information content (AvgIpc) is 3.03. The van der Waals surface area contributed by atoms with Gasteiger partial charge in [0.25, 0.3) is 5.91 Å². The van der Waals surface area contributed by atoms with Crippen molar-refractivity contribution >= 4 is 28.5 Å². The number of aliphatic imine (C=N–C) groups is 1. The highest BCUT2D eigenvalue weighted by molar-refractivity contribution is 5.97. The first-order valence-electron chi connectivity index (χ1n) is 13.1. The summed E-state index contributed by atoms with van der Waals surface area (Å²) in [6, 6.07) is 5.95. The van der Waals surface area contributed by atoms with Gasteiger partial charge in [0.15, 0.2) is 0 Å². The van der Waals surface area contributed by atoms with Gasteiger partial charge in [0.1, 0.15) is 29.7 Å². The molecule has 2 unspecified atom stereocenters. The van der Waals surface area contributed by atoms with Crippen molar-refractivity contribution in [2.75, 3.05) is 31.5 Å². The molecule has 196 valence electrons. The van der Waals surface area contributed by atoms with Gasteiger partial charge in [-0.15, -0.1) is 0 Å². The number of aromatic amines is 1. The van der Waals surface area contributed by atoms with Crippen LogP contribution in [-0.2, 0) is 0 Å². The molecule has 2 aromatic heterocycles. The summed E-state index contributed by atoms with van der Waals surface area (Å²) in [5.41, 5.74) is 3.48. The molecular formula is C28H34F2N6O. The van der Waals surface area contributed by atoms with Crippen LogP contribution in [-0.4, -0.2) is 59.0 Å². The minimum Gasteiger partial charge on any atom is -0.356 e. The number of nitrogens with one attached hydrogen (secondary N) is 3. The van der Waals surface area contributed by atoms with Gasteiger partial charge in [-0.1, -0.05) is 13.8 Å². The van der Waals surface area contributed by atoms with Crippen LogP contribution in [0.4, 0.5) is 14.6 Å². The highest BCUT2D eigenvalue weighted by Crippen LogP contribution is 2.37. The van der Waals surface area contributed by atoms with E-state index in [1.807, 2.05) is 17.9 Å². The average molecular weight is 509 g/mol. The Morgan fingerprint density at radius 1 is 1.22 bits per heavy atom. The summed E-state index contributed by atoms with van der Waals surface area (Å²) >= 11 is 0. The van der Waals surface area contributed by atoms with Crippen molar-refractivity contribution in [3.05, 3.63) is 58.7 Å². The fourth-order valence-corrected chi connectivity index (χ4v) is 5.44. The summed E-state index contributed by atoms with van der Waals surface area (Å²) in [7, 11) is 0. The Labute approximate surface area is 215 Å². The molecule has 9 heteroatoms. The minimum absolute atomic E-state index is 0.0312. The van der Waals surface area contributed by atoms with Gasteiger partial charge in [0.2, 0.25) is 0 Å². The minimum atomic E-state index is -1.21. The number of benzene rings is 1. The first-order chi connectivity index (χ1) is 17.8. The number of amides is 1. The second kappa shape index (κ2) is 10.6. The van der Waals surface area contributed by atoms with E-state index in [0.717, 1.165) is 42.7 Å². The van der Waals surface area contributed by atoms with Crippen molar-refractivity contribution < 1.29 is 13.6 Å². The van der Waals surface area contributed by atoms with E-state index in [-0.39, 0.29) is 18.2 Å². The van der Waals surface area contributed by atoms with Gasteiger partial charge in [-0.2, -0.15) is 0 Å². The Hall–Kier alpha value is -3.33. The van der Waals surface area contributed by atoms with E-state index in [9.17, 15) is 4.79 Å². The van der Waals surface area contributed by atoms with Crippen LogP contribution in [0.25, 0.3) is 10.9 Å². The number of nitrogens with zero attached hydrogens (tertiary/aromatic N) is 3. The molecule has 1 saturated heterocycles. The molecule has 3 N–H and O–H groups in total. The van der Waals surface area contributed by atoms with Crippen molar-refractivity contribution in [2.45, 2.75) is 58.2 Å². The predicted octanol–water partition coefficient (Wildman–Crippen LogP) is 5.25. The maximum Gasteiger partial charge on any atom is 0.255 e. The Bertz CT molecular complexity index is 1310. The molecule has 1 amide bonds. The molecule has 0 aliphatic carbocycles. The largest absolute Gasteiger partial charge is 0.356 e. The number of pyridine rings is 1. The molecule has 3 aromatic rings. The fraction of sp³-hybridized carbons (Fsp3) is 0.464. The Morgan fingerprint density at radius 3 is 2.81 bits per heavy atom. The maximum absolute atomic E-state index is 15.1. The van der Waals surface area contributed by atoms with Crippen LogP contribution in [0.15, 0.2) is 35.5 Å². The molecule has 0 saturated carbocycles. The third kappa shape index (κ3) is 5.23. The van der Waals surface area contributed by atoms with Gasteiger partial charge in [0.05, 0.1) is 11.1 Å². The van der Waals surface area contributed by atoms with Crippen LogP contribution in [0.3, 0.4) is 0 Å². The van der Waals surface area contributed by atoms with E-state index in [1.165, 1.54) is 6.07 Å². The number of H-pyrrole nitrogens is 1. The van der Waals surface area contributed by atoms with Gasteiger partial charge in [-0.25, -0.2) is 13.8 Å². The van der Waals surface area contributed by atoms with Crippen molar-refractivity contribution in [1.82, 2.24) is 20.2 Å². The van der Waals surface area contributed by atoms with Crippen LogP contribution in [0.2, 0.25) is 0 Å². The fourth-order valence-electron chi connectivity index (χ4n) is 5.44. The summed E-state index contributed by atoms with van der Waals surface area (Å²) in [4.78, 5) is 26.8. The molecule has 2 aliphatic heterocycles. The number of hydrogen-bond acceptors (Lipinski definition) is 5. The number of rotatable bonds is 4. The summed E-state index contributed by atoms with van der Waals surface area (Å²) in [6.45, 7) is 9.17. The number of carbonyl (C=O) groups is 1. The number of carbonyl (C=O) groups excluding carboxylic acids is 1. The number of fused-ring (bicyclic) bond motifs is 1. The lowest BCUT2D eigenvalue weighted by Gasteiger charge is -2.25. The normalized spacial score (nSPS) is 20.7. The van der Waals surface area contributed by atoms with E-state index in [0.29, 0.717) is 41.3 Å². The maximum atomic E-state index is 15.1. The number of aromatic nitrogens is 2. The molecule has 0 radical (unpaired) electrons. The molecule has 7 nitrogen and oxygen atoms in total. The molecule has 2 atom stereocenters. The molecule has 37 heavy (non-hydrogen) atoms. The lowest BCUT2D eigenvalue weighted by molar-refractivity contribution is 0.0766. The Morgan fingerprint density at radius 2 is 2.05 bits per heavy atom. The molecule has 1 fully saturated rings. The van der Waals surface area contributed by atoms with Crippen molar-refractivity contribution in [3.8, 4) is 0 Å². The number of alkyl halides is 1. The van der Waals surface area contributed by atoms with Gasteiger partial charge < -0.3 is 20.5 Å². The SMILES string of the molecule is Cc1[nH]c2c(F)cc(C3N=C(Nc4ccc(C(=O)N5CCCNCC5)cn4)CCC3F)cc2c1C(C)C. The zero-order chi connectivity index (χ0) is 26.1. The smallest absolute Gasteiger partial charge is 0.255 e. The van der Waals surface area contributed by atoms with E-state index < -0.39 is 18.0 Å². The van der Waals surface area contributed by atoms with E-state index in [1.54, 1.807) is 18.3 Å². The zero-order valence-electron chi connectivity index (χ0n) is 21.6. The van der Waals surface area contributed by atoms with Crippen LogP contribution < -0.4 is 10.6 Å². The number of hydrogen-bond donors (Lipinski definition) is 3. The zero-order valence-corrected chi connectivity index (χ0v) is 21.6. The monoisotopic (exact) mass is 508 g/mol. The number of amidine groups is 1. The van der Waals surface area contributed by atoms with Crippen molar-refractivity contribution in [2.24, 2.45) is 4.99 Å². The summed E-state index contributed by atoms with van der Waals surface area (Å²) in [5, 5.41) is 7.26. The standard InChI is InChI=1S/C28H34F2N6O/c1-16(2)25-17(3)33-27-20(25)13-19(14-22(27)30)26-21(29)6-8-24(35-26)34-23-7-5-18(15-32-23)28(37)36-11-4-9-31-10-12-36/h5,7,13-16,21,26,31,33H,4,6,8-12H2,1-3H3,(H,32,34,35). The van der Waals surface area contributed by atoms with Crippen LogP contribution in [0.5, 0.6) is 0 Å². The predicted molar refractivity (Wildman–Crippen MR) is 143 cm³/mol. The van der Waals surface area contributed by atoms with Crippen LogP contribution in [0, 0.1) is 12.7 Å². The summed E-state index contributed by atoms with van der Waals surface area (Å²) < 4.78 is 30.1. The van der Waals surface area contributed by atoms with E-state index >= 15 is 8.78 Å². The summed E-state index contributed by atoms with van der Waals surface area (Å²) in [5.74, 6) is 0.907. The quantitative estimate of drug-likeness (QED) is 0.449. The number of halogens is 2. The number of aryl methyl sites for hydroxylation is 1. The van der Waals surface area contributed by atoms with Crippen molar-refractivity contribution in [1.29, 1.82) is 0 Å². The first-order valence-corrected chi connectivity index (χ1v) is 13.1. The lowest BCUT2D eigenvalue weighted by Crippen LogP contribution is -2.34. The van der Waals surface area contributed by atoms with Gasteiger partial charge in [0, 0.05) is 43.3 Å². The van der Waals surface area contributed by atoms with Gasteiger partial charge in [-0.3, -0.25) is 9.79 Å². The second-order valence-electron chi connectivity index (χ2n) is 10.3. The molecule has 2 aliphatic rings. The van der Waals surface area contributed by atoms with Crippen LogP contribution >= 0.6 is 0 Å². The third-order valence-electron chi connectivity index (χ3n) is 7.24. The molecular weight excluding hydrogens is 474 g/mol. The molecule has 0 bridgehead atoms. The van der Waals surface area contributed by atoms with Gasteiger partial charge in [-0.05, 0) is 67.6 Å². The van der Waals surface area contributed by atoms with Crippen molar-refractivity contribution in [3.63, 3.8) is 0 Å². The highest BCUT2D eigenvalue weighted by Gasteiger charge is 2.29. The lowest BCUT2D eigenvalue weighted by atomic mass is 9.93. The Balaban J connectivity index is 1.36. The third-order valence-corrected chi connectivity index (χ3v) is 7.24. The Kier molecular flexibility index (Phi) is 7.24. The topological polar surface area (TPSA) is 85.4 Å².